The van der Waals surface area contributed by atoms with Crippen molar-refractivity contribution >= 4 is 0 Å². The van der Waals surface area contributed by atoms with Crippen LogP contribution in [0.5, 0.6) is 0 Å². The van der Waals surface area contributed by atoms with Gasteiger partial charge < -0.3 is 0 Å². The lowest BCUT2D eigenvalue weighted by molar-refractivity contribution is 0.665. The Kier molecular flexibility index (Phi) is 1.54. The summed E-state index contributed by atoms with van der Waals surface area (Å²) < 4.78 is 0. The van der Waals surface area contributed by atoms with Crippen molar-refractivity contribution in [2.75, 3.05) is 0 Å². The molecule has 4 rings (SSSR count). The van der Waals surface area contributed by atoms with E-state index in [4.69, 9.17) is 0 Å². The van der Waals surface area contributed by atoms with Gasteiger partial charge in [0.15, 0.2) is 0 Å². The molecular formula is C13H16N2. The van der Waals surface area contributed by atoms with Crippen LogP contribution in [0, 0.1) is 5.92 Å². The lowest BCUT2D eigenvalue weighted by Gasteiger charge is -2.13. The van der Waals surface area contributed by atoms with Gasteiger partial charge >= 0.3 is 0 Å². The van der Waals surface area contributed by atoms with E-state index in [1.807, 2.05) is 0 Å². The molecule has 0 spiro atoms. The average molecular weight is 200 g/mol. The molecule has 2 heteroatoms. The van der Waals surface area contributed by atoms with E-state index in [-0.39, 0.29) is 0 Å². The topological polar surface area (TPSA) is 25.8 Å². The molecule has 1 aromatic rings. The molecule has 0 radical (unpaired) electrons. The van der Waals surface area contributed by atoms with E-state index in [9.17, 15) is 0 Å². The quantitative estimate of drug-likeness (QED) is 0.733. The standard InChI is InChI=1S/C13H16N2/c1-2-8(1)5-11-7-12-9-3-4-10(6-9)13(12)15-14-11/h7-10H,1-6H2/t9-,10-/m1/s1. The summed E-state index contributed by atoms with van der Waals surface area (Å²) in [6, 6.07) is 2.37. The zero-order valence-electron chi connectivity index (χ0n) is 8.95. The van der Waals surface area contributed by atoms with E-state index >= 15 is 0 Å². The Morgan fingerprint density at radius 2 is 1.93 bits per heavy atom. The summed E-state index contributed by atoms with van der Waals surface area (Å²) in [6.07, 6.45) is 8.10. The normalized spacial score (nSPS) is 32.0. The third kappa shape index (κ3) is 1.23. The molecule has 0 unspecified atom stereocenters. The van der Waals surface area contributed by atoms with Gasteiger partial charge in [-0.25, -0.2) is 0 Å². The van der Waals surface area contributed by atoms with Crippen molar-refractivity contribution in [3.63, 3.8) is 0 Å². The molecule has 1 heterocycles. The molecule has 3 aliphatic carbocycles. The molecule has 3 aliphatic rings. The average Bonchev–Trinajstić information content (AvgIpc) is 2.85. The van der Waals surface area contributed by atoms with Gasteiger partial charge in [0.05, 0.1) is 11.4 Å². The SMILES string of the molecule is c1c(CC2CC2)nnc2c1[C@@H]1CC[C@@H]2C1. The Bertz CT molecular complexity index is 409. The largest absolute Gasteiger partial charge is 0.155 e. The predicted octanol–water partition coefficient (Wildman–Crippen LogP) is 2.79. The number of hydrogen-bond acceptors (Lipinski definition) is 2. The maximum absolute atomic E-state index is 4.47. The van der Waals surface area contributed by atoms with Crippen LogP contribution in [0.2, 0.25) is 0 Å². The minimum absolute atomic E-state index is 0.757. The van der Waals surface area contributed by atoms with Crippen molar-refractivity contribution in [1.82, 2.24) is 10.2 Å². The first kappa shape index (κ1) is 8.26. The van der Waals surface area contributed by atoms with Gasteiger partial charge in [-0.2, -0.15) is 10.2 Å². The van der Waals surface area contributed by atoms with Crippen LogP contribution in [0.25, 0.3) is 0 Å². The van der Waals surface area contributed by atoms with Crippen LogP contribution < -0.4 is 0 Å². The van der Waals surface area contributed by atoms with Crippen molar-refractivity contribution < 1.29 is 0 Å². The van der Waals surface area contributed by atoms with E-state index in [1.54, 1.807) is 5.56 Å². The zero-order chi connectivity index (χ0) is 9.83. The summed E-state index contributed by atoms with van der Waals surface area (Å²) in [5, 5.41) is 8.87. The Balaban J connectivity index is 1.70. The highest BCUT2D eigenvalue weighted by Gasteiger charge is 2.38. The molecule has 1 aromatic heterocycles. The lowest BCUT2D eigenvalue weighted by Crippen LogP contribution is -2.05. The van der Waals surface area contributed by atoms with Gasteiger partial charge in [-0.05, 0) is 62.0 Å². The Morgan fingerprint density at radius 1 is 1.07 bits per heavy atom. The van der Waals surface area contributed by atoms with E-state index in [1.165, 1.54) is 49.9 Å². The van der Waals surface area contributed by atoms with Gasteiger partial charge in [0.25, 0.3) is 0 Å². The van der Waals surface area contributed by atoms with Crippen molar-refractivity contribution in [3.8, 4) is 0 Å². The van der Waals surface area contributed by atoms with Crippen LogP contribution in [0.1, 0.15) is 60.9 Å². The molecule has 2 bridgehead atoms. The molecule has 0 saturated heterocycles. The maximum atomic E-state index is 4.47. The highest BCUT2D eigenvalue weighted by molar-refractivity contribution is 5.36. The van der Waals surface area contributed by atoms with Crippen LogP contribution in [0.3, 0.4) is 0 Å². The molecule has 0 aromatic carbocycles. The van der Waals surface area contributed by atoms with Crippen molar-refractivity contribution in [2.24, 2.45) is 5.92 Å². The monoisotopic (exact) mass is 200 g/mol. The minimum Gasteiger partial charge on any atom is -0.155 e. The number of nitrogens with zero attached hydrogens (tertiary/aromatic N) is 2. The predicted molar refractivity (Wildman–Crippen MR) is 57.8 cm³/mol. The fourth-order valence-corrected chi connectivity index (χ4v) is 3.33. The maximum Gasteiger partial charge on any atom is 0.0697 e. The van der Waals surface area contributed by atoms with Crippen LogP contribution in [-0.2, 0) is 6.42 Å². The first-order valence-electron chi connectivity index (χ1n) is 6.26. The van der Waals surface area contributed by atoms with E-state index < -0.39 is 0 Å². The van der Waals surface area contributed by atoms with Crippen LogP contribution in [0.15, 0.2) is 6.07 Å². The number of hydrogen-bond donors (Lipinski definition) is 0. The summed E-state index contributed by atoms with van der Waals surface area (Å²) in [4.78, 5) is 0. The first-order valence-corrected chi connectivity index (χ1v) is 6.26. The molecule has 15 heavy (non-hydrogen) atoms. The zero-order valence-corrected chi connectivity index (χ0v) is 8.95. The Hall–Kier alpha value is -0.920. The highest BCUT2D eigenvalue weighted by Crippen LogP contribution is 2.52. The molecule has 0 N–H and O–H groups in total. The molecule has 2 fully saturated rings. The summed E-state index contributed by atoms with van der Waals surface area (Å²) in [5.41, 5.74) is 4.14. The van der Waals surface area contributed by atoms with Gasteiger partial charge in [-0.3, -0.25) is 0 Å². The second kappa shape index (κ2) is 2.81. The molecule has 2 nitrogen and oxygen atoms in total. The second-order valence-electron chi connectivity index (χ2n) is 5.53. The Labute approximate surface area is 90.1 Å². The molecule has 2 saturated carbocycles. The van der Waals surface area contributed by atoms with E-state index in [0.29, 0.717) is 0 Å². The van der Waals surface area contributed by atoms with Crippen LogP contribution in [0.4, 0.5) is 0 Å². The molecule has 0 amide bonds. The minimum atomic E-state index is 0.757. The highest BCUT2D eigenvalue weighted by atomic mass is 15.1. The van der Waals surface area contributed by atoms with Gasteiger partial charge in [0.2, 0.25) is 0 Å². The second-order valence-corrected chi connectivity index (χ2v) is 5.53. The van der Waals surface area contributed by atoms with Gasteiger partial charge in [-0.15, -0.1) is 0 Å². The first-order chi connectivity index (χ1) is 7.40. The molecule has 78 valence electrons. The molecule has 0 aliphatic heterocycles. The number of aromatic nitrogens is 2. The van der Waals surface area contributed by atoms with E-state index in [0.717, 1.165) is 17.8 Å². The molecular weight excluding hydrogens is 184 g/mol. The van der Waals surface area contributed by atoms with Crippen molar-refractivity contribution in [2.45, 2.75) is 50.4 Å². The van der Waals surface area contributed by atoms with Crippen molar-refractivity contribution in [1.29, 1.82) is 0 Å². The lowest BCUT2D eigenvalue weighted by atomic mass is 9.95. The smallest absolute Gasteiger partial charge is 0.0697 e. The van der Waals surface area contributed by atoms with Crippen molar-refractivity contribution in [3.05, 3.63) is 23.0 Å². The van der Waals surface area contributed by atoms with Gasteiger partial charge in [-0.1, -0.05) is 0 Å². The van der Waals surface area contributed by atoms with Crippen LogP contribution in [-0.4, -0.2) is 10.2 Å². The summed E-state index contributed by atoms with van der Waals surface area (Å²) in [7, 11) is 0. The van der Waals surface area contributed by atoms with Crippen LogP contribution >= 0.6 is 0 Å². The third-order valence-corrected chi connectivity index (χ3v) is 4.36. The third-order valence-electron chi connectivity index (χ3n) is 4.36. The van der Waals surface area contributed by atoms with Gasteiger partial charge in [0, 0.05) is 5.92 Å². The van der Waals surface area contributed by atoms with Gasteiger partial charge in [0.1, 0.15) is 0 Å². The fourth-order valence-electron chi connectivity index (χ4n) is 3.33. The summed E-state index contributed by atoms with van der Waals surface area (Å²) in [6.45, 7) is 0. The number of fused-ring (bicyclic) bond motifs is 5. The van der Waals surface area contributed by atoms with E-state index in [2.05, 4.69) is 16.3 Å². The summed E-state index contributed by atoms with van der Waals surface area (Å²) in [5.74, 6) is 2.52. The molecule has 2 atom stereocenters. The Morgan fingerprint density at radius 3 is 2.80 bits per heavy atom. The fraction of sp³-hybridized carbons (Fsp3) is 0.692. The number of rotatable bonds is 2. The summed E-state index contributed by atoms with van der Waals surface area (Å²) >= 11 is 0.